The molecule has 0 spiro atoms. The van der Waals surface area contributed by atoms with Gasteiger partial charge in [0.2, 0.25) is 5.91 Å². The van der Waals surface area contributed by atoms with Crippen LogP contribution in [-0.2, 0) is 10.2 Å². The molecule has 0 aliphatic heterocycles. The molecule has 0 fully saturated rings. The zero-order chi connectivity index (χ0) is 13.9. The van der Waals surface area contributed by atoms with Crippen molar-refractivity contribution in [3.8, 4) is 0 Å². The third-order valence-corrected chi connectivity index (χ3v) is 3.56. The van der Waals surface area contributed by atoms with Gasteiger partial charge in [-0.2, -0.15) is 0 Å². The Labute approximate surface area is 118 Å². The van der Waals surface area contributed by atoms with Crippen molar-refractivity contribution in [2.45, 2.75) is 32.2 Å². The van der Waals surface area contributed by atoms with E-state index in [-0.39, 0.29) is 11.3 Å². The van der Waals surface area contributed by atoms with Crippen molar-refractivity contribution in [3.05, 3.63) is 33.8 Å². The van der Waals surface area contributed by atoms with Gasteiger partial charge < -0.3 is 11.1 Å². The maximum atomic E-state index is 11.5. The van der Waals surface area contributed by atoms with Crippen molar-refractivity contribution in [1.29, 1.82) is 0 Å². The summed E-state index contributed by atoms with van der Waals surface area (Å²) in [5.41, 5.74) is 6.28. The van der Waals surface area contributed by atoms with Crippen molar-refractivity contribution in [3.63, 3.8) is 0 Å². The van der Waals surface area contributed by atoms with Crippen LogP contribution in [0.15, 0.2) is 18.2 Å². The molecule has 1 atom stereocenters. The molecule has 0 heterocycles. The number of carbonyl (C=O) groups excluding carboxylic acids is 1. The minimum Gasteiger partial charge on any atom is -0.354 e. The van der Waals surface area contributed by atoms with E-state index < -0.39 is 6.04 Å². The first-order valence-electron chi connectivity index (χ1n) is 5.73. The molecule has 3 N–H and O–H groups in total. The van der Waals surface area contributed by atoms with Crippen LogP contribution in [0.4, 0.5) is 0 Å². The Morgan fingerprint density at radius 3 is 2.50 bits per heavy atom. The molecule has 0 radical (unpaired) electrons. The molecule has 0 aliphatic rings. The molecule has 0 saturated carbocycles. The topological polar surface area (TPSA) is 55.1 Å². The summed E-state index contributed by atoms with van der Waals surface area (Å²) in [6, 6.07) is 4.98. The maximum absolute atomic E-state index is 11.5. The number of carbonyl (C=O) groups is 1. The molecule has 0 aromatic heterocycles. The van der Waals surface area contributed by atoms with E-state index in [9.17, 15) is 4.79 Å². The van der Waals surface area contributed by atoms with E-state index >= 15 is 0 Å². The number of nitrogens with two attached hydrogens (primary N) is 1. The van der Waals surface area contributed by atoms with Crippen molar-refractivity contribution < 1.29 is 4.79 Å². The molecule has 100 valence electrons. The van der Waals surface area contributed by atoms with Crippen molar-refractivity contribution in [1.82, 2.24) is 5.32 Å². The van der Waals surface area contributed by atoms with Crippen LogP contribution in [-0.4, -0.2) is 18.5 Å². The molecule has 0 saturated heterocycles. The highest BCUT2D eigenvalue weighted by Crippen LogP contribution is 2.29. The Hall–Kier alpha value is -0.770. The Bertz CT molecular complexity index is 445. The minimum atomic E-state index is -0.505. The highest BCUT2D eigenvalue weighted by Gasteiger charge is 2.22. The molecule has 3 nitrogen and oxygen atoms in total. The fourth-order valence-electron chi connectivity index (χ4n) is 1.49. The predicted molar refractivity (Wildman–Crippen MR) is 76.1 cm³/mol. The van der Waals surface area contributed by atoms with Gasteiger partial charge >= 0.3 is 0 Å². The average Bonchev–Trinajstić information content (AvgIpc) is 2.29. The number of benzene rings is 1. The second kappa shape index (κ2) is 5.91. The first-order valence-corrected chi connectivity index (χ1v) is 6.48. The van der Waals surface area contributed by atoms with Crippen LogP contribution in [0.5, 0.6) is 0 Å². The molecule has 0 aliphatic carbocycles. The van der Waals surface area contributed by atoms with E-state index in [4.69, 9.17) is 28.9 Å². The maximum Gasteiger partial charge on any atom is 0.236 e. The molecule has 0 bridgehead atoms. The van der Waals surface area contributed by atoms with Gasteiger partial charge in [-0.25, -0.2) is 0 Å². The zero-order valence-electron chi connectivity index (χ0n) is 10.8. The number of hydrogen-bond acceptors (Lipinski definition) is 2. The van der Waals surface area contributed by atoms with E-state index in [1.807, 2.05) is 26.0 Å². The van der Waals surface area contributed by atoms with Crippen LogP contribution in [0, 0.1) is 0 Å². The van der Waals surface area contributed by atoms with Gasteiger partial charge in [-0.05, 0) is 24.6 Å². The SMILES string of the molecule is C[C@@H](N)C(=O)NCC(C)(C)c1ccc(Cl)c(Cl)c1. The zero-order valence-corrected chi connectivity index (χ0v) is 12.3. The summed E-state index contributed by atoms with van der Waals surface area (Å²) in [5, 5.41) is 3.85. The van der Waals surface area contributed by atoms with Gasteiger partial charge in [-0.15, -0.1) is 0 Å². The molecule has 1 amide bonds. The summed E-state index contributed by atoms with van der Waals surface area (Å²) in [7, 11) is 0. The van der Waals surface area contributed by atoms with E-state index in [0.717, 1.165) is 5.56 Å². The smallest absolute Gasteiger partial charge is 0.236 e. The van der Waals surface area contributed by atoms with Crippen LogP contribution < -0.4 is 11.1 Å². The van der Waals surface area contributed by atoms with E-state index in [0.29, 0.717) is 16.6 Å². The predicted octanol–water partition coefficient (Wildman–Crippen LogP) is 2.73. The van der Waals surface area contributed by atoms with Gasteiger partial charge in [-0.3, -0.25) is 4.79 Å². The second-order valence-electron chi connectivity index (χ2n) is 5.02. The van der Waals surface area contributed by atoms with Gasteiger partial charge in [0, 0.05) is 12.0 Å². The van der Waals surface area contributed by atoms with Crippen LogP contribution >= 0.6 is 23.2 Å². The number of nitrogens with one attached hydrogen (secondary N) is 1. The van der Waals surface area contributed by atoms with Gasteiger partial charge in [0.25, 0.3) is 0 Å². The van der Waals surface area contributed by atoms with Crippen molar-refractivity contribution >= 4 is 29.1 Å². The highest BCUT2D eigenvalue weighted by atomic mass is 35.5. The Morgan fingerprint density at radius 2 is 2.00 bits per heavy atom. The van der Waals surface area contributed by atoms with Crippen LogP contribution in [0.2, 0.25) is 10.0 Å². The summed E-state index contributed by atoms with van der Waals surface area (Å²) >= 11 is 11.9. The molecule has 1 aromatic carbocycles. The quantitative estimate of drug-likeness (QED) is 0.895. The van der Waals surface area contributed by atoms with Crippen LogP contribution in [0.25, 0.3) is 0 Å². The molecule has 1 rings (SSSR count). The lowest BCUT2D eigenvalue weighted by Crippen LogP contribution is -2.43. The van der Waals surface area contributed by atoms with Crippen LogP contribution in [0.1, 0.15) is 26.3 Å². The van der Waals surface area contributed by atoms with Gasteiger partial charge in [0.15, 0.2) is 0 Å². The lowest BCUT2D eigenvalue weighted by Gasteiger charge is -2.26. The van der Waals surface area contributed by atoms with Crippen molar-refractivity contribution in [2.24, 2.45) is 5.73 Å². The lowest BCUT2D eigenvalue weighted by atomic mass is 9.84. The third-order valence-electron chi connectivity index (χ3n) is 2.82. The molecule has 18 heavy (non-hydrogen) atoms. The Morgan fingerprint density at radius 1 is 1.39 bits per heavy atom. The van der Waals surface area contributed by atoms with E-state index in [2.05, 4.69) is 5.32 Å². The summed E-state index contributed by atoms with van der Waals surface area (Å²) in [6.45, 7) is 6.19. The average molecular weight is 289 g/mol. The molecular formula is C13H18Cl2N2O. The van der Waals surface area contributed by atoms with Gasteiger partial charge in [0.1, 0.15) is 0 Å². The van der Waals surface area contributed by atoms with E-state index in [1.54, 1.807) is 13.0 Å². The fraction of sp³-hybridized carbons (Fsp3) is 0.462. The number of hydrogen-bond donors (Lipinski definition) is 2. The standard InChI is InChI=1S/C13H18Cl2N2O/c1-8(16)12(18)17-7-13(2,3)9-4-5-10(14)11(15)6-9/h4-6,8H,7,16H2,1-3H3,(H,17,18)/t8-/m1/s1. The summed E-state index contributed by atoms with van der Waals surface area (Å²) in [5.74, 6) is -0.164. The van der Waals surface area contributed by atoms with Gasteiger partial charge in [0.05, 0.1) is 16.1 Å². The van der Waals surface area contributed by atoms with E-state index in [1.165, 1.54) is 0 Å². The Kier molecular flexibility index (Phi) is 5.02. The molecule has 0 unspecified atom stereocenters. The summed E-state index contributed by atoms with van der Waals surface area (Å²) < 4.78 is 0. The first-order chi connectivity index (χ1) is 8.24. The third kappa shape index (κ3) is 3.87. The van der Waals surface area contributed by atoms with Crippen molar-refractivity contribution in [2.75, 3.05) is 6.54 Å². The monoisotopic (exact) mass is 288 g/mol. The number of halogens is 2. The minimum absolute atomic E-state index is 0.164. The summed E-state index contributed by atoms with van der Waals surface area (Å²) in [6.07, 6.45) is 0. The molecule has 1 aromatic rings. The molecule has 5 heteroatoms. The fourth-order valence-corrected chi connectivity index (χ4v) is 1.79. The normalized spacial score (nSPS) is 13.2. The molecular weight excluding hydrogens is 271 g/mol. The lowest BCUT2D eigenvalue weighted by molar-refractivity contribution is -0.122. The van der Waals surface area contributed by atoms with Gasteiger partial charge in [-0.1, -0.05) is 43.1 Å². The highest BCUT2D eigenvalue weighted by molar-refractivity contribution is 6.42. The number of rotatable bonds is 4. The largest absolute Gasteiger partial charge is 0.354 e. The Balaban J connectivity index is 2.79. The second-order valence-corrected chi connectivity index (χ2v) is 5.83. The van der Waals surface area contributed by atoms with Crippen LogP contribution in [0.3, 0.4) is 0 Å². The number of amides is 1. The summed E-state index contributed by atoms with van der Waals surface area (Å²) in [4.78, 5) is 11.5. The first kappa shape index (κ1) is 15.3.